The molecule has 0 aromatic rings. The first-order valence-corrected chi connectivity index (χ1v) is 8.59. The summed E-state index contributed by atoms with van der Waals surface area (Å²) in [5, 5.41) is 0. The van der Waals surface area contributed by atoms with Crippen LogP contribution < -0.4 is 0 Å². The van der Waals surface area contributed by atoms with E-state index in [1.165, 1.54) is 0 Å². The molecular weight excluding hydrogens is 244 g/mol. The maximum absolute atomic E-state index is 11.8. The van der Waals surface area contributed by atoms with Gasteiger partial charge in [0.1, 0.15) is 0 Å². The minimum atomic E-state index is -2.88. The maximum atomic E-state index is 11.8. The van der Waals surface area contributed by atoms with Crippen LogP contribution in [0.4, 0.5) is 0 Å². The van der Waals surface area contributed by atoms with Crippen molar-refractivity contribution in [1.29, 1.82) is 0 Å². The lowest BCUT2D eigenvalue weighted by atomic mass is 9.92. The Balaban J connectivity index is 3.99. The molecule has 0 atom stereocenters. The predicted octanol–water partition coefficient (Wildman–Crippen LogP) is 4.22. The number of sulfone groups is 1. The summed E-state index contributed by atoms with van der Waals surface area (Å²) in [4.78, 5) is 0. The predicted molar refractivity (Wildman–Crippen MR) is 80.6 cm³/mol. The van der Waals surface area contributed by atoms with Crippen LogP contribution in [0, 0.1) is 10.8 Å². The normalized spacial score (nSPS) is 14.3. The second kappa shape index (κ2) is 6.74. The molecule has 0 heterocycles. The van der Waals surface area contributed by atoms with Crippen molar-refractivity contribution < 1.29 is 8.42 Å². The molecule has 0 rings (SSSR count). The summed E-state index contributed by atoms with van der Waals surface area (Å²) in [6, 6.07) is 0. The van der Waals surface area contributed by atoms with Gasteiger partial charge in [-0.25, -0.2) is 8.42 Å². The van der Waals surface area contributed by atoms with Gasteiger partial charge >= 0.3 is 0 Å². The highest BCUT2D eigenvalue weighted by Crippen LogP contribution is 2.20. The van der Waals surface area contributed by atoms with Crippen molar-refractivity contribution in [1.82, 2.24) is 0 Å². The van der Waals surface area contributed by atoms with Crippen molar-refractivity contribution in [2.45, 2.75) is 60.8 Å². The van der Waals surface area contributed by atoms with E-state index in [4.69, 9.17) is 0 Å². The van der Waals surface area contributed by atoms with Crippen LogP contribution in [0.5, 0.6) is 0 Å². The molecule has 0 radical (unpaired) electrons. The molecule has 18 heavy (non-hydrogen) atoms. The van der Waals surface area contributed by atoms with Crippen LogP contribution in [0.2, 0.25) is 0 Å². The van der Waals surface area contributed by atoms with Gasteiger partial charge in [0.15, 0.2) is 9.84 Å². The highest BCUT2D eigenvalue weighted by Gasteiger charge is 2.16. The molecular formula is C15H30O2S. The Morgan fingerprint density at radius 2 is 1.39 bits per heavy atom. The summed E-state index contributed by atoms with van der Waals surface area (Å²) in [6.07, 6.45) is 6.47. The zero-order valence-corrected chi connectivity index (χ0v) is 13.7. The third kappa shape index (κ3) is 12.2. The van der Waals surface area contributed by atoms with E-state index in [1.54, 1.807) is 0 Å². The van der Waals surface area contributed by atoms with Gasteiger partial charge in [-0.15, -0.1) is 0 Å². The zero-order chi connectivity index (χ0) is 14.4. The third-order valence-corrected chi connectivity index (χ3v) is 4.34. The van der Waals surface area contributed by atoms with Crippen molar-refractivity contribution in [3.8, 4) is 0 Å². The Morgan fingerprint density at radius 1 is 0.833 bits per heavy atom. The van der Waals surface area contributed by atoms with E-state index in [-0.39, 0.29) is 16.6 Å². The van der Waals surface area contributed by atoms with Gasteiger partial charge in [0.2, 0.25) is 0 Å². The molecule has 0 saturated carbocycles. The largest absolute Gasteiger partial charge is 0.229 e. The molecule has 0 amide bonds. The SMILES string of the molecule is CC(C)(C)C/C=C/CCS(=O)(=O)CCC(C)(C)C. The van der Waals surface area contributed by atoms with Gasteiger partial charge < -0.3 is 0 Å². The molecule has 0 N–H and O–H groups in total. The topological polar surface area (TPSA) is 34.1 Å². The summed E-state index contributed by atoms with van der Waals surface area (Å²) < 4.78 is 23.6. The molecule has 0 bridgehead atoms. The van der Waals surface area contributed by atoms with Crippen LogP contribution in [-0.2, 0) is 9.84 Å². The van der Waals surface area contributed by atoms with E-state index < -0.39 is 9.84 Å². The van der Waals surface area contributed by atoms with Crippen LogP contribution in [-0.4, -0.2) is 19.9 Å². The van der Waals surface area contributed by atoms with Gasteiger partial charge in [-0.3, -0.25) is 0 Å². The van der Waals surface area contributed by atoms with Crippen molar-refractivity contribution in [3.05, 3.63) is 12.2 Å². The Labute approximate surface area is 114 Å². The monoisotopic (exact) mass is 274 g/mol. The molecule has 0 aromatic carbocycles. The highest BCUT2D eigenvalue weighted by atomic mass is 32.2. The van der Waals surface area contributed by atoms with Crippen LogP contribution in [0.3, 0.4) is 0 Å². The van der Waals surface area contributed by atoms with Gasteiger partial charge in [0.05, 0.1) is 11.5 Å². The van der Waals surface area contributed by atoms with Gasteiger partial charge in [-0.05, 0) is 30.1 Å². The Kier molecular flexibility index (Phi) is 6.62. The van der Waals surface area contributed by atoms with Gasteiger partial charge in [-0.1, -0.05) is 53.7 Å². The summed E-state index contributed by atoms with van der Waals surface area (Å²) in [5.41, 5.74) is 0.372. The average molecular weight is 274 g/mol. The molecule has 0 fully saturated rings. The van der Waals surface area contributed by atoms with E-state index in [2.05, 4.69) is 47.6 Å². The first-order chi connectivity index (χ1) is 7.91. The Hall–Kier alpha value is -0.310. The van der Waals surface area contributed by atoms with Crippen LogP contribution >= 0.6 is 0 Å². The summed E-state index contributed by atoms with van der Waals surface area (Å²) in [7, 11) is -2.88. The second-order valence-corrected chi connectivity index (χ2v) is 9.79. The molecule has 2 nitrogen and oxygen atoms in total. The zero-order valence-electron chi connectivity index (χ0n) is 12.9. The molecule has 0 unspecified atom stereocenters. The molecule has 0 aliphatic rings. The highest BCUT2D eigenvalue weighted by molar-refractivity contribution is 7.91. The quantitative estimate of drug-likeness (QED) is 0.680. The van der Waals surface area contributed by atoms with Gasteiger partial charge in [0, 0.05) is 0 Å². The Bertz CT molecular complexity index is 351. The number of allylic oxidation sites excluding steroid dienone is 2. The van der Waals surface area contributed by atoms with Gasteiger partial charge in [-0.2, -0.15) is 0 Å². The smallest absolute Gasteiger partial charge is 0.150 e. The first kappa shape index (κ1) is 17.7. The van der Waals surface area contributed by atoms with E-state index in [1.807, 2.05) is 6.08 Å². The molecule has 0 aromatic heterocycles. The van der Waals surface area contributed by atoms with Crippen LogP contribution in [0.25, 0.3) is 0 Å². The molecule has 0 saturated heterocycles. The van der Waals surface area contributed by atoms with Gasteiger partial charge in [0.25, 0.3) is 0 Å². The lowest BCUT2D eigenvalue weighted by Crippen LogP contribution is -2.17. The van der Waals surface area contributed by atoms with E-state index in [9.17, 15) is 8.42 Å². The molecule has 0 spiro atoms. The van der Waals surface area contributed by atoms with Crippen LogP contribution in [0.1, 0.15) is 60.8 Å². The summed E-state index contributed by atoms with van der Waals surface area (Å²) in [6.45, 7) is 12.8. The van der Waals surface area contributed by atoms with E-state index in [0.29, 0.717) is 12.2 Å². The average Bonchev–Trinajstić information content (AvgIpc) is 2.11. The lowest BCUT2D eigenvalue weighted by Gasteiger charge is -2.17. The second-order valence-electron chi connectivity index (χ2n) is 7.49. The standard InChI is InChI=1S/C15H30O2S/c1-14(2,3)10-8-7-9-12-18(16,17)13-11-15(4,5)6/h7-8H,9-13H2,1-6H3/b8-7+. The minimum absolute atomic E-state index is 0.0924. The fraction of sp³-hybridized carbons (Fsp3) is 0.867. The van der Waals surface area contributed by atoms with Crippen molar-refractivity contribution in [2.75, 3.05) is 11.5 Å². The fourth-order valence-corrected chi connectivity index (χ4v) is 2.99. The minimum Gasteiger partial charge on any atom is -0.229 e. The lowest BCUT2D eigenvalue weighted by molar-refractivity contribution is 0.397. The summed E-state index contributed by atoms with van der Waals surface area (Å²) in [5.74, 6) is 0.591. The Morgan fingerprint density at radius 3 is 1.83 bits per heavy atom. The van der Waals surface area contributed by atoms with Crippen LogP contribution in [0.15, 0.2) is 12.2 Å². The number of hydrogen-bond acceptors (Lipinski definition) is 2. The molecule has 3 heteroatoms. The van der Waals surface area contributed by atoms with E-state index in [0.717, 1.165) is 12.8 Å². The number of hydrogen-bond donors (Lipinski definition) is 0. The van der Waals surface area contributed by atoms with E-state index >= 15 is 0 Å². The third-order valence-electron chi connectivity index (χ3n) is 2.66. The van der Waals surface area contributed by atoms with Crippen molar-refractivity contribution in [2.24, 2.45) is 10.8 Å². The first-order valence-electron chi connectivity index (χ1n) is 6.77. The molecule has 0 aliphatic heterocycles. The fourth-order valence-electron chi connectivity index (χ4n) is 1.37. The molecule has 108 valence electrons. The molecule has 0 aliphatic carbocycles. The maximum Gasteiger partial charge on any atom is 0.150 e. The van der Waals surface area contributed by atoms with Crippen molar-refractivity contribution in [3.63, 3.8) is 0 Å². The van der Waals surface area contributed by atoms with Crippen molar-refractivity contribution >= 4 is 9.84 Å². The summed E-state index contributed by atoms with van der Waals surface area (Å²) >= 11 is 0. The number of rotatable bonds is 6.